The molecule has 3 rings (SSSR count). The molecular weight excluding hydrogens is 276 g/mol. The van der Waals surface area contributed by atoms with Gasteiger partial charge in [-0.25, -0.2) is 0 Å². The van der Waals surface area contributed by atoms with E-state index >= 15 is 0 Å². The van der Waals surface area contributed by atoms with E-state index in [0.717, 1.165) is 18.8 Å². The van der Waals surface area contributed by atoms with Crippen molar-refractivity contribution in [3.05, 3.63) is 30.3 Å². The second kappa shape index (κ2) is 7.14. The van der Waals surface area contributed by atoms with Crippen LogP contribution >= 0.6 is 0 Å². The third-order valence-electron chi connectivity index (χ3n) is 4.96. The molecule has 2 fully saturated rings. The number of para-hydroxylation sites is 1. The van der Waals surface area contributed by atoms with Crippen LogP contribution in [0.4, 0.5) is 0 Å². The summed E-state index contributed by atoms with van der Waals surface area (Å²) >= 11 is 0. The maximum absolute atomic E-state index is 11.8. The standard InChI is InChI=1S/C18H26N2O2/c19-18(21)17-11-16(22-15-9-5-2-6-10-15)13-20(17)12-14-7-3-1-4-8-14/h2,5-6,9-10,14,16-17H,1,3-4,7-8,11-13H2,(H2,19,21)/t16-,17-/m0/s1. The summed E-state index contributed by atoms with van der Waals surface area (Å²) in [5, 5.41) is 0. The topological polar surface area (TPSA) is 55.6 Å². The van der Waals surface area contributed by atoms with E-state index in [9.17, 15) is 4.79 Å². The normalized spacial score (nSPS) is 26.9. The van der Waals surface area contributed by atoms with Gasteiger partial charge in [-0.05, 0) is 30.9 Å². The predicted molar refractivity (Wildman–Crippen MR) is 86.6 cm³/mol. The van der Waals surface area contributed by atoms with Gasteiger partial charge in [-0.15, -0.1) is 0 Å². The maximum Gasteiger partial charge on any atom is 0.234 e. The predicted octanol–water partition coefficient (Wildman–Crippen LogP) is 2.57. The molecular formula is C18H26N2O2. The number of rotatable bonds is 5. The van der Waals surface area contributed by atoms with Crippen LogP contribution in [-0.4, -0.2) is 36.0 Å². The fraction of sp³-hybridized carbons (Fsp3) is 0.611. The van der Waals surface area contributed by atoms with E-state index in [1.165, 1.54) is 32.1 Å². The molecule has 4 heteroatoms. The van der Waals surface area contributed by atoms with Crippen LogP contribution in [0.3, 0.4) is 0 Å². The van der Waals surface area contributed by atoms with Crippen molar-refractivity contribution in [3.63, 3.8) is 0 Å². The van der Waals surface area contributed by atoms with Gasteiger partial charge in [0.2, 0.25) is 5.91 Å². The Hall–Kier alpha value is -1.55. The minimum Gasteiger partial charge on any atom is -0.489 e. The zero-order valence-electron chi connectivity index (χ0n) is 13.1. The summed E-state index contributed by atoms with van der Waals surface area (Å²) < 4.78 is 6.03. The number of hydrogen-bond acceptors (Lipinski definition) is 3. The number of carbonyl (C=O) groups is 1. The second-order valence-electron chi connectivity index (χ2n) is 6.66. The van der Waals surface area contributed by atoms with E-state index in [1.54, 1.807) is 0 Å². The average molecular weight is 302 g/mol. The third-order valence-corrected chi connectivity index (χ3v) is 4.96. The van der Waals surface area contributed by atoms with Gasteiger partial charge in [0.1, 0.15) is 11.9 Å². The van der Waals surface area contributed by atoms with E-state index in [2.05, 4.69) is 4.90 Å². The molecule has 2 N–H and O–H groups in total. The first kappa shape index (κ1) is 15.3. The molecule has 1 aromatic rings. The molecule has 2 aliphatic rings. The van der Waals surface area contributed by atoms with E-state index in [0.29, 0.717) is 12.3 Å². The van der Waals surface area contributed by atoms with Crippen LogP contribution < -0.4 is 10.5 Å². The van der Waals surface area contributed by atoms with Crippen molar-refractivity contribution >= 4 is 5.91 Å². The van der Waals surface area contributed by atoms with Gasteiger partial charge in [0.15, 0.2) is 0 Å². The quantitative estimate of drug-likeness (QED) is 0.909. The lowest BCUT2D eigenvalue weighted by Gasteiger charge is -2.29. The Morgan fingerprint density at radius 3 is 2.59 bits per heavy atom. The zero-order chi connectivity index (χ0) is 15.4. The second-order valence-corrected chi connectivity index (χ2v) is 6.66. The molecule has 0 radical (unpaired) electrons. The SMILES string of the molecule is NC(=O)[C@@H]1C[C@H](Oc2ccccc2)CN1CC1CCCCC1. The van der Waals surface area contributed by atoms with Crippen LogP contribution in [0, 0.1) is 5.92 Å². The Bertz CT molecular complexity index is 485. The number of nitrogens with zero attached hydrogens (tertiary/aromatic N) is 1. The highest BCUT2D eigenvalue weighted by atomic mass is 16.5. The number of nitrogens with two attached hydrogens (primary N) is 1. The molecule has 1 amide bonds. The Kier molecular flexibility index (Phi) is 4.98. The number of benzene rings is 1. The monoisotopic (exact) mass is 302 g/mol. The van der Waals surface area contributed by atoms with Crippen LogP contribution in [0.1, 0.15) is 38.5 Å². The van der Waals surface area contributed by atoms with Crippen LogP contribution in [-0.2, 0) is 4.79 Å². The van der Waals surface area contributed by atoms with Gasteiger partial charge in [-0.2, -0.15) is 0 Å². The fourth-order valence-electron chi connectivity index (χ4n) is 3.84. The molecule has 22 heavy (non-hydrogen) atoms. The van der Waals surface area contributed by atoms with E-state index < -0.39 is 0 Å². The minimum atomic E-state index is -0.213. The van der Waals surface area contributed by atoms with Gasteiger partial charge < -0.3 is 10.5 Å². The van der Waals surface area contributed by atoms with Gasteiger partial charge in [-0.1, -0.05) is 37.5 Å². The Morgan fingerprint density at radius 1 is 1.18 bits per heavy atom. The molecule has 1 saturated heterocycles. The van der Waals surface area contributed by atoms with Crippen molar-refractivity contribution in [1.29, 1.82) is 0 Å². The first-order valence-corrected chi connectivity index (χ1v) is 8.47. The number of likely N-dealkylation sites (tertiary alicyclic amines) is 1. The Morgan fingerprint density at radius 2 is 1.91 bits per heavy atom. The first-order valence-electron chi connectivity index (χ1n) is 8.47. The highest BCUT2D eigenvalue weighted by Gasteiger charge is 2.37. The summed E-state index contributed by atoms with van der Waals surface area (Å²) in [5.74, 6) is 1.37. The van der Waals surface area contributed by atoms with E-state index in [-0.39, 0.29) is 18.1 Å². The molecule has 120 valence electrons. The molecule has 2 atom stereocenters. The highest BCUT2D eigenvalue weighted by molar-refractivity contribution is 5.80. The maximum atomic E-state index is 11.8. The van der Waals surface area contributed by atoms with Crippen LogP contribution in [0.25, 0.3) is 0 Å². The van der Waals surface area contributed by atoms with Crippen molar-refractivity contribution in [2.75, 3.05) is 13.1 Å². The Labute approximate surface area is 132 Å². The van der Waals surface area contributed by atoms with Crippen molar-refractivity contribution in [1.82, 2.24) is 4.90 Å². The summed E-state index contributed by atoms with van der Waals surface area (Å²) in [7, 11) is 0. The number of carbonyl (C=O) groups excluding carboxylic acids is 1. The van der Waals surface area contributed by atoms with Gasteiger partial charge >= 0.3 is 0 Å². The fourth-order valence-corrected chi connectivity index (χ4v) is 3.84. The lowest BCUT2D eigenvalue weighted by molar-refractivity contribution is -0.122. The minimum absolute atomic E-state index is 0.0588. The summed E-state index contributed by atoms with van der Waals surface area (Å²) in [5.41, 5.74) is 5.61. The average Bonchev–Trinajstić information content (AvgIpc) is 2.92. The lowest BCUT2D eigenvalue weighted by atomic mass is 9.89. The molecule has 1 saturated carbocycles. The van der Waals surface area contributed by atoms with Crippen LogP contribution in [0.15, 0.2) is 30.3 Å². The molecule has 1 aliphatic heterocycles. The molecule has 1 aliphatic carbocycles. The molecule has 1 heterocycles. The van der Waals surface area contributed by atoms with Crippen LogP contribution in [0.5, 0.6) is 5.75 Å². The molecule has 0 spiro atoms. The molecule has 1 aromatic carbocycles. The number of primary amides is 1. The largest absolute Gasteiger partial charge is 0.489 e. The van der Waals surface area contributed by atoms with Gasteiger partial charge in [0, 0.05) is 19.5 Å². The van der Waals surface area contributed by atoms with Crippen molar-refractivity contribution in [3.8, 4) is 5.75 Å². The van der Waals surface area contributed by atoms with Crippen molar-refractivity contribution < 1.29 is 9.53 Å². The Balaban J connectivity index is 1.60. The molecule has 4 nitrogen and oxygen atoms in total. The first-order chi connectivity index (χ1) is 10.7. The van der Waals surface area contributed by atoms with Gasteiger partial charge in [0.05, 0.1) is 6.04 Å². The van der Waals surface area contributed by atoms with E-state index in [1.807, 2.05) is 30.3 Å². The summed E-state index contributed by atoms with van der Waals surface area (Å²) in [6.45, 7) is 1.79. The summed E-state index contributed by atoms with van der Waals surface area (Å²) in [6, 6.07) is 9.66. The smallest absolute Gasteiger partial charge is 0.234 e. The molecule has 0 aromatic heterocycles. The van der Waals surface area contributed by atoms with Gasteiger partial charge in [0.25, 0.3) is 0 Å². The number of hydrogen-bond donors (Lipinski definition) is 1. The van der Waals surface area contributed by atoms with Gasteiger partial charge in [-0.3, -0.25) is 9.69 Å². The zero-order valence-corrected chi connectivity index (χ0v) is 13.1. The summed E-state index contributed by atoms with van der Waals surface area (Å²) in [4.78, 5) is 14.0. The lowest BCUT2D eigenvalue weighted by Crippen LogP contribution is -2.42. The number of ether oxygens (including phenoxy) is 1. The van der Waals surface area contributed by atoms with Crippen molar-refractivity contribution in [2.45, 2.75) is 50.7 Å². The highest BCUT2D eigenvalue weighted by Crippen LogP contribution is 2.29. The summed E-state index contributed by atoms with van der Waals surface area (Å²) in [6.07, 6.45) is 7.33. The molecule has 0 bridgehead atoms. The number of amides is 1. The van der Waals surface area contributed by atoms with E-state index in [4.69, 9.17) is 10.5 Å². The van der Waals surface area contributed by atoms with Crippen molar-refractivity contribution in [2.24, 2.45) is 11.7 Å². The molecule has 0 unspecified atom stereocenters. The van der Waals surface area contributed by atoms with Crippen LogP contribution in [0.2, 0.25) is 0 Å². The third kappa shape index (κ3) is 3.80.